The molecule has 0 atom stereocenters. The molecule has 0 unspecified atom stereocenters. The summed E-state index contributed by atoms with van der Waals surface area (Å²) in [7, 11) is 0. The summed E-state index contributed by atoms with van der Waals surface area (Å²) in [5.41, 5.74) is 0.289. The molecule has 0 spiro atoms. The van der Waals surface area contributed by atoms with E-state index in [2.05, 4.69) is 27.5 Å². The van der Waals surface area contributed by atoms with Gasteiger partial charge in [0.2, 0.25) is 0 Å². The molecule has 0 aromatic carbocycles. The van der Waals surface area contributed by atoms with Crippen molar-refractivity contribution in [2.45, 2.75) is 26.3 Å². The Morgan fingerprint density at radius 1 is 1.35 bits per heavy atom. The van der Waals surface area contributed by atoms with Gasteiger partial charge in [-0.1, -0.05) is 13.3 Å². The molecule has 2 N–H and O–H groups in total. The maximum absolute atomic E-state index is 11.8. The van der Waals surface area contributed by atoms with Crippen molar-refractivity contribution in [2.75, 3.05) is 11.9 Å². The van der Waals surface area contributed by atoms with Crippen LogP contribution in [-0.2, 0) is 6.54 Å². The van der Waals surface area contributed by atoms with Gasteiger partial charge in [0.25, 0.3) is 5.91 Å². The molecular formula is C14H18N4O2. The molecule has 0 bridgehead atoms. The molecule has 106 valence electrons. The summed E-state index contributed by atoms with van der Waals surface area (Å²) in [5.74, 6) is 1.11. The second kappa shape index (κ2) is 7.28. The summed E-state index contributed by atoms with van der Waals surface area (Å²) >= 11 is 0. The minimum absolute atomic E-state index is 0.269. The molecule has 0 saturated carbocycles. The monoisotopic (exact) mass is 274 g/mol. The van der Waals surface area contributed by atoms with Gasteiger partial charge >= 0.3 is 0 Å². The number of nitrogens with one attached hydrogen (secondary N) is 2. The van der Waals surface area contributed by atoms with Crippen molar-refractivity contribution in [3.05, 3.63) is 42.2 Å². The summed E-state index contributed by atoms with van der Waals surface area (Å²) in [6.45, 7) is 3.32. The number of anilines is 1. The van der Waals surface area contributed by atoms with E-state index in [1.807, 2.05) is 0 Å². The average Bonchev–Trinajstić information content (AvgIpc) is 2.99. The van der Waals surface area contributed by atoms with Gasteiger partial charge < -0.3 is 15.1 Å². The van der Waals surface area contributed by atoms with Crippen LogP contribution in [0.15, 0.2) is 35.2 Å². The number of carbonyl (C=O) groups is 1. The molecule has 0 fully saturated rings. The Bertz CT molecular complexity index is 523. The quantitative estimate of drug-likeness (QED) is 0.757. The van der Waals surface area contributed by atoms with Crippen molar-refractivity contribution < 1.29 is 9.21 Å². The fraction of sp³-hybridized carbons (Fsp3) is 0.357. The number of unbranched alkanes of at least 4 members (excludes halogenated alkanes) is 1. The lowest BCUT2D eigenvalue weighted by Crippen LogP contribution is -2.23. The van der Waals surface area contributed by atoms with Crippen LogP contribution in [0, 0.1) is 0 Å². The molecule has 0 aliphatic carbocycles. The third kappa shape index (κ3) is 4.08. The van der Waals surface area contributed by atoms with Crippen LogP contribution in [0.3, 0.4) is 0 Å². The predicted octanol–water partition coefficient (Wildman–Crippen LogP) is 2.21. The third-order valence-corrected chi connectivity index (χ3v) is 2.72. The van der Waals surface area contributed by atoms with Gasteiger partial charge in [0.1, 0.15) is 17.3 Å². The average molecular weight is 274 g/mol. The zero-order valence-corrected chi connectivity index (χ0v) is 11.4. The summed E-state index contributed by atoms with van der Waals surface area (Å²) < 4.78 is 5.13. The highest BCUT2D eigenvalue weighted by molar-refractivity contribution is 5.91. The first kappa shape index (κ1) is 14.0. The van der Waals surface area contributed by atoms with E-state index in [9.17, 15) is 4.79 Å². The lowest BCUT2D eigenvalue weighted by Gasteiger charge is -2.05. The molecule has 2 rings (SSSR count). The van der Waals surface area contributed by atoms with Crippen LogP contribution in [0.1, 0.15) is 36.0 Å². The zero-order chi connectivity index (χ0) is 14.2. The van der Waals surface area contributed by atoms with E-state index in [1.54, 1.807) is 24.6 Å². The maximum Gasteiger partial charge on any atom is 0.271 e. The zero-order valence-electron chi connectivity index (χ0n) is 11.4. The Balaban J connectivity index is 1.84. The Morgan fingerprint density at radius 2 is 2.25 bits per heavy atom. The van der Waals surface area contributed by atoms with Crippen molar-refractivity contribution >= 4 is 11.7 Å². The number of nitrogens with zero attached hydrogens (tertiary/aromatic N) is 2. The van der Waals surface area contributed by atoms with Gasteiger partial charge in [0, 0.05) is 6.54 Å². The molecule has 0 radical (unpaired) electrons. The van der Waals surface area contributed by atoms with E-state index in [1.165, 1.54) is 6.20 Å². The molecule has 1 amide bonds. The second-order valence-corrected chi connectivity index (χ2v) is 4.33. The van der Waals surface area contributed by atoms with Crippen molar-refractivity contribution in [1.29, 1.82) is 0 Å². The predicted molar refractivity (Wildman–Crippen MR) is 75.3 cm³/mol. The Kier molecular flexibility index (Phi) is 5.11. The molecule has 2 aromatic rings. The topological polar surface area (TPSA) is 80.0 Å². The van der Waals surface area contributed by atoms with Gasteiger partial charge in [-0.25, -0.2) is 9.97 Å². The SMILES string of the molecule is CCCCNc1cnc(C(=O)NCc2ccco2)cn1. The fourth-order valence-corrected chi connectivity index (χ4v) is 1.60. The van der Waals surface area contributed by atoms with E-state index in [0.717, 1.165) is 19.4 Å². The van der Waals surface area contributed by atoms with Crippen LogP contribution in [0.2, 0.25) is 0 Å². The summed E-state index contributed by atoms with van der Waals surface area (Å²) in [6, 6.07) is 3.57. The molecular weight excluding hydrogens is 256 g/mol. The van der Waals surface area contributed by atoms with Gasteiger partial charge in [0.15, 0.2) is 0 Å². The minimum Gasteiger partial charge on any atom is -0.467 e. The van der Waals surface area contributed by atoms with Gasteiger partial charge in [-0.2, -0.15) is 0 Å². The number of aromatic nitrogens is 2. The number of amides is 1. The Morgan fingerprint density at radius 3 is 2.90 bits per heavy atom. The smallest absolute Gasteiger partial charge is 0.271 e. The van der Waals surface area contributed by atoms with E-state index >= 15 is 0 Å². The van der Waals surface area contributed by atoms with Crippen molar-refractivity contribution in [1.82, 2.24) is 15.3 Å². The molecule has 6 nitrogen and oxygen atoms in total. The van der Waals surface area contributed by atoms with Gasteiger partial charge in [0.05, 0.1) is 25.2 Å². The highest BCUT2D eigenvalue weighted by atomic mass is 16.3. The molecule has 0 saturated heterocycles. The highest BCUT2D eigenvalue weighted by Gasteiger charge is 2.08. The first-order valence-electron chi connectivity index (χ1n) is 6.66. The summed E-state index contributed by atoms with van der Waals surface area (Å²) in [4.78, 5) is 20.1. The first-order valence-corrected chi connectivity index (χ1v) is 6.66. The molecule has 0 aliphatic heterocycles. The van der Waals surface area contributed by atoms with Crippen LogP contribution in [-0.4, -0.2) is 22.4 Å². The molecule has 20 heavy (non-hydrogen) atoms. The standard InChI is InChI=1S/C14H18N4O2/c1-2-3-6-15-13-10-16-12(9-17-13)14(19)18-8-11-5-4-7-20-11/h4-5,7,9-10H,2-3,6,8H2,1H3,(H,15,17)(H,18,19). The minimum atomic E-state index is -0.269. The Labute approximate surface area is 117 Å². The van der Waals surface area contributed by atoms with Crippen molar-refractivity contribution in [2.24, 2.45) is 0 Å². The van der Waals surface area contributed by atoms with E-state index in [4.69, 9.17) is 4.42 Å². The molecule has 2 heterocycles. The third-order valence-electron chi connectivity index (χ3n) is 2.72. The molecule has 0 aliphatic rings. The lowest BCUT2D eigenvalue weighted by molar-refractivity contribution is 0.0942. The van der Waals surface area contributed by atoms with Crippen LogP contribution < -0.4 is 10.6 Å². The van der Waals surface area contributed by atoms with Gasteiger partial charge in [-0.3, -0.25) is 4.79 Å². The number of furan rings is 1. The normalized spacial score (nSPS) is 10.2. The highest BCUT2D eigenvalue weighted by Crippen LogP contribution is 2.03. The van der Waals surface area contributed by atoms with Gasteiger partial charge in [-0.15, -0.1) is 0 Å². The van der Waals surface area contributed by atoms with Crippen LogP contribution in [0.5, 0.6) is 0 Å². The number of rotatable bonds is 7. The first-order chi connectivity index (χ1) is 9.79. The van der Waals surface area contributed by atoms with Crippen molar-refractivity contribution in [3.63, 3.8) is 0 Å². The van der Waals surface area contributed by atoms with Gasteiger partial charge in [-0.05, 0) is 18.6 Å². The van der Waals surface area contributed by atoms with E-state index in [0.29, 0.717) is 18.1 Å². The largest absolute Gasteiger partial charge is 0.467 e. The van der Waals surface area contributed by atoms with Crippen LogP contribution in [0.25, 0.3) is 0 Å². The summed E-state index contributed by atoms with van der Waals surface area (Å²) in [6.07, 6.45) is 6.79. The van der Waals surface area contributed by atoms with E-state index in [-0.39, 0.29) is 11.6 Å². The Hall–Kier alpha value is -2.37. The van der Waals surface area contributed by atoms with Crippen LogP contribution >= 0.6 is 0 Å². The molecule has 6 heteroatoms. The second-order valence-electron chi connectivity index (χ2n) is 4.33. The van der Waals surface area contributed by atoms with E-state index < -0.39 is 0 Å². The van der Waals surface area contributed by atoms with Crippen LogP contribution in [0.4, 0.5) is 5.82 Å². The summed E-state index contributed by atoms with van der Waals surface area (Å²) in [5, 5.41) is 5.86. The number of hydrogen-bond acceptors (Lipinski definition) is 5. The fourth-order valence-electron chi connectivity index (χ4n) is 1.60. The molecule has 2 aromatic heterocycles. The lowest BCUT2D eigenvalue weighted by atomic mass is 10.3. The van der Waals surface area contributed by atoms with Crippen molar-refractivity contribution in [3.8, 4) is 0 Å². The number of carbonyl (C=O) groups excluding carboxylic acids is 1. The number of hydrogen-bond donors (Lipinski definition) is 2. The maximum atomic E-state index is 11.8.